The SMILES string of the molecule is Cc1[nH]c(=O)n(C)c(=O)c1Cc1nnc(SCc2ccc([N+](=O)[O-])cc2)o1. The van der Waals surface area contributed by atoms with Crippen LogP contribution in [-0.4, -0.2) is 24.7 Å². The average molecular weight is 389 g/mol. The third kappa shape index (κ3) is 4.14. The molecule has 0 unspecified atom stereocenters. The van der Waals surface area contributed by atoms with Crippen molar-refractivity contribution in [2.75, 3.05) is 0 Å². The zero-order valence-electron chi connectivity index (χ0n) is 14.5. The number of aryl methyl sites for hydroxylation is 1. The van der Waals surface area contributed by atoms with Crippen molar-refractivity contribution < 1.29 is 9.34 Å². The minimum Gasteiger partial charge on any atom is -0.416 e. The molecule has 0 aliphatic heterocycles. The molecule has 0 saturated carbocycles. The molecule has 0 bridgehead atoms. The van der Waals surface area contributed by atoms with Crippen LogP contribution in [0.2, 0.25) is 0 Å². The van der Waals surface area contributed by atoms with Gasteiger partial charge in [-0.15, -0.1) is 10.2 Å². The zero-order chi connectivity index (χ0) is 19.6. The first kappa shape index (κ1) is 18.6. The summed E-state index contributed by atoms with van der Waals surface area (Å²) >= 11 is 1.28. The van der Waals surface area contributed by atoms with Crippen LogP contribution in [-0.2, 0) is 19.2 Å². The van der Waals surface area contributed by atoms with E-state index in [9.17, 15) is 19.7 Å². The lowest BCUT2D eigenvalue weighted by Crippen LogP contribution is -2.36. The fraction of sp³-hybridized carbons (Fsp3) is 0.250. The lowest BCUT2D eigenvalue weighted by molar-refractivity contribution is -0.384. The molecule has 3 aromatic rings. The van der Waals surface area contributed by atoms with Crippen LogP contribution in [0.3, 0.4) is 0 Å². The van der Waals surface area contributed by atoms with E-state index in [2.05, 4.69) is 15.2 Å². The second-order valence-corrected chi connectivity index (χ2v) is 6.68. The minimum absolute atomic E-state index is 0.0293. The Bertz CT molecular complexity index is 1100. The van der Waals surface area contributed by atoms with E-state index in [1.807, 2.05) is 0 Å². The highest BCUT2D eigenvalue weighted by Gasteiger charge is 2.14. The van der Waals surface area contributed by atoms with Gasteiger partial charge in [0.25, 0.3) is 16.5 Å². The first-order chi connectivity index (χ1) is 12.8. The highest BCUT2D eigenvalue weighted by Crippen LogP contribution is 2.23. The lowest BCUT2D eigenvalue weighted by Gasteiger charge is -2.04. The smallest absolute Gasteiger partial charge is 0.328 e. The quantitative estimate of drug-likeness (QED) is 0.381. The van der Waals surface area contributed by atoms with Gasteiger partial charge < -0.3 is 9.40 Å². The molecule has 2 aromatic heterocycles. The van der Waals surface area contributed by atoms with Gasteiger partial charge in [-0.3, -0.25) is 19.5 Å². The lowest BCUT2D eigenvalue weighted by atomic mass is 10.2. The molecule has 2 heterocycles. The van der Waals surface area contributed by atoms with Crippen molar-refractivity contribution in [3.63, 3.8) is 0 Å². The van der Waals surface area contributed by atoms with Gasteiger partial charge in [0.2, 0.25) is 5.89 Å². The van der Waals surface area contributed by atoms with Gasteiger partial charge in [0.15, 0.2) is 0 Å². The molecule has 0 aliphatic carbocycles. The Kier molecular flexibility index (Phi) is 5.21. The molecule has 0 saturated heterocycles. The largest absolute Gasteiger partial charge is 0.416 e. The van der Waals surface area contributed by atoms with E-state index in [0.29, 0.717) is 22.2 Å². The Morgan fingerprint density at radius 3 is 2.63 bits per heavy atom. The number of aromatic nitrogens is 4. The maximum atomic E-state index is 12.2. The van der Waals surface area contributed by atoms with Gasteiger partial charge in [0.1, 0.15) is 0 Å². The summed E-state index contributed by atoms with van der Waals surface area (Å²) in [4.78, 5) is 36.6. The Morgan fingerprint density at radius 1 is 1.26 bits per heavy atom. The Labute approximate surface area is 156 Å². The molecule has 1 N–H and O–H groups in total. The van der Waals surface area contributed by atoms with Crippen LogP contribution >= 0.6 is 11.8 Å². The normalized spacial score (nSPS) is 10.9. The number of nitrogens with zero attached hydrogens (tertiary/aromatic N) is 4. The van der Waals surface area contributed by atoms with Gasteiger partial charge in [-0.2, -0.15) is 0 Å². The Hall–Kier alpha value is -3.21. The predicted molar refractivity (Wildman–Crippen MR) is 96.8 cm³/mol. The number of aromatic amines is 1. The summed E-state index contributed by atoms with van der Waals surface area (Å²) in [6.45, 7) is 1.64. The number of rotatable bonds is 6. The van der Waals surface area contributed by atoms with E-state index in [-0.39, 0.29) is 18.0 Å². The number of hydrogen-bond donors (Lipinski definition) is 1. The highest BCUT2D eigenvalue weighted by molar-refractivity contribution is 7.98. The number of hydrogen-bond acceptors (Lipinski definition) is 8. The van der Waals surface area contributed by atoms with E-state index in [1.165, 1.54) is 30.9 Å². The number of benzene rings is 1. The first-order valence-electron chi connectivity index (χ1n) is 7.82. The number of thioether (sulfide) groups is 1. The van der Waals surface area contributed by atoms with Crippen molar-refractivity contribution in [1.82, 2.24) is 19.7 Å². The average Bonchev–Trinajstić information content (AvgIpc) is 3.10. The molecule has 3 rings (SSSR count). The summed E-state index contributed by atoms with van der Waals surface area (Å²) in [7, 11) is 1.39. The molecule has 0 aliphatic rings. The topological polar surface area (TPSA) is 137 Å². The molecule has 140 valence electrons. The van der Waals surface area contributed by atoms with Crippen molar-refractivity contribution in [2.24, 2.45) is 7.05 Å². The Balaban J connectivity index is 1.69. The molecule has 0 radical (unpaired) electrons. The van der Waals surface area contributed by atoms with Crippen molar-refractivity contribution in [3.05, 3.63) is 77.9 Å². The maximum Gasteiger partial charge on any atom is 0.328 e. The highest BCUT2D eigenvalue weighted by atomic mass is 32.2. The summed E-state index contributed by atoms with van der Waals surface area (Å²) in [6.07, 6.45) is 0.111. The molecular formula is C16H15N5O5S. The fourth-order valence-electron chi connectivity index (χ4n) is 2.36. The van der Waals surface area contributed by atoms with Gasteiger partial charge in [-0.05, 0) is 12.5 Å². The van der Waals surface area contributed by atoms with Crippen LogP contribution in [0.5, 0.6) is 0 Å². The van der Waals surface area contributed by atoms with Crippen LogP contribution in [0.1, 0.15) is 22.7 Å². The maximum absolute atomic E-state index is 12.2. The number of nitro groups is 1. The monoisotopic (exact) mass is 389 g/mol. The summed E-state index contributed by atoms with van der Waals surface area (Å²) in [6, 6.07) is 6.19. The van der Waals surface area contributed by atoms with E-state index in [1.54, 1.807) is 19.1 Å². The van der Waals surface area contributed by atoms with Crippen molar-refractivity contribution >= 4 is 17.4 Å². The second-order valence-electron chi connectivity index (χ2n) is 5.75. The van der Waals surface area contributed by atoms with Gasteiger partial charge in [0, 0.05) is 36.2 Å². The minimum atomic E-state index is -0.480. The van der Waals surface area contributed by atoms with Gasteiger partial charge >= 0.3 is 5.69 Å². The van der Waals surface area contributed by atoms with Gasteiger partial charge in [-0.25, -0.2) is 4.79 Å². The van der Waals surface area contributed by atoms with Crippen LogP contribution in [0.15, 0.2) is 43.5 Å². The molecule has 11 heteroatoms. The second kappa shape index (κ2) is 7.58. The number of nitrogens with one attached hydrogen (secondary N) is 1. The summed E-state index contributed by atoms with van der Waals surface area (Å²) < 4.78 is 6.53. The number of non-ortho nitro benzene ring substituents is 1. The molecule has 0 atom stereocenters. The first-order valence-corrected chi connectivity index (χ1v) is 8.81. The third-order valence-corrected chi connectivity index (χ3v) is 4.79. The molecule has 0 spiro atoms. The summed E-state index contributed by atoms with van der Waals surface area (Å²) in [5.74, 6) is 0.757. The van der Waals surface area contributed by atoms with Crippen molar-refractivity contribution in [1.29, 1.82) is 0 Å². The van der Waals surface area contributed by atoms with Crippen molar-refractivity contribution in [3.8, 4) is 0 Å². The molecule has 10 nitrogen and oxygen atoms in total. The predicted octanol–water partition coefficient (Wildman–Crippen LogP) is 1.56. The summed E-state index contributed by atoms with van der Waals surface area (Å²) in [5.41, 5.74) is 0.854. The molecular weight excluding hydrogens is 374 g/mol. The Morgan fingerprint density at radius 2 is 1.96 bits per heavy atom. The van der Waals surface area contributed by atoms with Gasteiger partial charge in [-0.1, -0.05) is 23.9 Å². The number of nitro benzene ring substituents is 1. The van der Waals surface area contributed by atoms with Crippen LogP contribution < -0.4 is 11.2 Å². The van der Waals surface area contributed by atoms with E-state index >= 15 is 0 Å². The zero-order valence-corrected chi connectivity index (χ0v) is 15.3. The molecule has 0 fully saturated rings. The van der Waals surface area contributed by atoms with Crippen LogP contribution in [0.4, 0.5) is 5.69 Å². The van der Waals surface area contributed by atoms with E-state index < -0.39 is 16.2 Å². The molecule has 0 amide bonds. The standard InChI is InChI=1S/C16H15N5O5S/c1-9-12(14(22)20(2)15(23)17-9)7-13-18-19-16(26-13)27-8-10-3-5-11(6-4-10)21(24)25/h3-6H,7-8H2,1-2H3,(H,17,23). The molecule has 1 aromatic carbocycles. The van der Waals surface area contributed by atoms with Crippen molar-refractivity contribution in [2.45, 2.75) is 24.3 Å². The van der Waals surface area contributed by atoms with E-state index in [4.69, 9.17) is 4.42 Å². The van der Waals surface area contributed by atoms with E-state index in [0.717, 1.165) is 10.1 Å². The summed E-state index contributed by atoms with van der Waals surface area (Å²) in [5, 5.41) is 18.8. The van der Waals surface area contributed by atoms with Crippen LogP contribution in [0.25, 0.3) is 0 Å². The number of H-pyrrole nitrogens is 1. The fourth-order valence-corrected chi connectivity index (χ4v) is 3.10. The molecule has 27 heavy (non-hydrogen) atoms. The van der Waals surface area contributed by atoms with Crippen LogP contribution in [0, 0.1) is 17.0 Å². The third-order valence-electron chi connectivity index (χ3n) is 3.90. The van der Waals surface area contributed by atoms with Gasteiger partial charge in [0.05, 0.1) is 11.3 Å².